The summed E-state index contributed by atoms with van der Waals surface area (Å²) in [5.74, 6) is 0.825. The van der Waals surface area contributed by atoms with Crippen molar-refractivity contribution in [3.05, 3.63) is 12.7 Å². The molecule has 0 aromatic heterocycles. The second kappa shape index (κ2) is 7.73. The molecule has 0 bridgehead atoms. The number of ether oxygens (including phenoxy) is 3. The van der Waals surface area contributed by atoms with Crippen molar-refractivity contribution < 1.29 is 14.2 Å². The van der Waals surface area contributed by atoms with Gasteiger partial charge in [-0.2, -0.15) is 0 Å². The minimum atomic E-state index is 0.286. The molecular formula is C17H29NO3. The fourth-order valence-corrected chi connectivity index (χ4v) is 3.98. The Morgan fingerprint density at radius 3 is 2.81 bits per heavy atom. The third-order valence-electron chi connectivity index (χ3n) is 5.12. The minimum Gasteiger partial charge on any atom is -0.381 e. The van der Waals surface area contributed by atoms with E-state index in [1.165, 1.54) is 38.8 Å². The smallest absolute Gasteiger partial charge is 0.0813 e. The van der Waals surface area contributed by atoms with E-state index in [2.05, 4.69) is 11.5 Å². The molecule has 3 aliphatic rings. The Kier molecular flexibility index (Phi) is 5.69. The first-order valence-electron chi connectivity index (χ1n) is 8.52. The molecule has 0 unspecified atom stereocenters. The van der Waals surface area contributed by atoms with Crippen LogP contribution in [0, 0.1) is 5.92 Å². The Morgan fingerprint density at radius 1 is 1.14 bits per heavy atom. The SMILES string of the molecule is C=CCOC[C@@H]1CC[C@H]2[C@H](CCN2CC2CCOCC2)O1. The van der Waals surface area contributed by atoms with Crippen LogP contribution in [0.3, 0.4) is 0 Å². The lowest BCUT2D eigenvalue weighted by atomic mass is 9.96. The number of likely N-dealkylation sites (tertiary alicyclic amines) is 1. The van der Waals surface area contributed by atoms with Crippen molar-refractivity contribution in [2.24, 2.45) is 5.92 Å². The molecule has 3 atom stereocenters. The molecule has 0 N–H and O–H groups in total. The van der Waals surface area contributed by atoms with Gasteiger partial charge in [0, 0.05) is 32.3 Å². The molecule has 21 heavy (non-hydrogen) atoms. The highest BCUT2D eigenvalue weighted by molar-refractivity contribution is 4.93. The van der Waals surface area contributed by atoms with Crippen molar-refractivity contribution in [2.45, 2.75) is 50.4 Å². The van der Waals surface area contributed by atoms with E-state index < -0.39 is 0 Å². The maximum absolute atomic E-state index is 6.25. The predicted molar refractivity (Wildman–Crippen MR) is 82.4 cm³/mol. The summed E-state index contributed by atoms with van der Waals surface area (Å²) >= 11 is 0. The van der Waals surface area contributed by atoms with Gasteiger partial charge in [-0.1, -0.05) is 6.08 Å². The van der Waals surface area contributed by atoms with E-state index >= 15 is 0 Å². The largest absolute Gasteiger partial charge is 0.381 e. The van der Waals surface area contributed by atoms with Gasteiger partial charge in [0.2, 0.25) is 0 Å². The molecule has 0 saturated carbocycles. The van der Waals surface area contributed by atoms with Gasteiger partial charge in [0.1, 0.15) is 0 Å². The topological polar surface area (TPSA) is 30.9 Å². The second-order valence-corrected chi connectivity index (χ2v) is 6.61. The van der Waals surface area contributed by atoms with Crippen LogP contribution in [0.2, 0.25) is 0 Å². The van der Waals surface area contributed by atoms with Crippen LogP contribution in [0.5, 0.6) is 0 Å². The predicted octanol–water partition coefficient (Wildman–Crippen LogP) is 2.24. The van der Waals surface area contributed by atoms with Gasteiger partial charge in [-0.25, -0.2) is 0 Å². The van der Waals surface area contributed by atoms with Crippen LogP contribution in [0.1, 0.15) is 32.1 Å². The molecule has 0 aliphatic carbocycles. The maximum Gasteiger partial charge on any atom is 0.0813 e. The molecule has 0 aromatic carbocycles. The molecule has 0 radical (unpaired) electrons. The van der Waals surface area contributed by atoms with Crippen molar-refractivity contribution in [3.63, 3.8) is 0 Å². The lowest BCUT2D eigenvalue weighted by Gasteiger charge is -2.37. The van der Waals surface area contributed by atoms with Crippen LogP contribution in [-0.2, 0) is 14.2 Å². The van der Waals surface area contributed by atoms with Gasteiger partial charge in [0.25, 0.3) is 0 Å². The van der Waals surface area contributed by atoms with Gasteiger partial charge in [-0.3, -0.25) is 4.90 Å². The molecule has 3 aliphatic heterocycles. The monoisotopic (exact) mass is 295 g/mol. The summed E-state index contributed by atoms with van der Waals surface area (Å²) in [5.41, 5.74) is 0. The average Bonchev–Trinajstić information content (AvgIpc) is 2.91. The first-order valence-corrected chi connectivity index (χ1v) is 8.52. The van der Waals surface area contributed by atoms with Gasteiger partial charge < -0.3 is 14.2 Å². The number of rotatable bonds is 6. The van der Waals surface area contributed by atoms with Gasteiger partial charge >= 0.3 is 0 Å². The van der Waals surface area contributed by atoms with Crippen molar-refractivity contribution >= 4 is 0 Å². The van der Waals surface area contributed by atoms with Crippen LogP contribution in [0.15, 0.2) is 12.7 Å². The molecule has 0 spiro atoms. The highest BCUT2D eigenvalue weighted by Gasteiger charge is 2.40. The average molecular weight is 295 g/mol. The summed E-state index contributed by atoms with van der Waals surface area (Å²) in [6.07, 6.45) is 8.55. The molecule has 4 heteroatoms. The lowest BCUT2D eigenvalue weighted by Crippen LogP contribution is -2.45. The fraction of sp³-hybridized carbons (Fsp3) is 0.882. The summed E-state index contributed by atoms with van der Waals surface area (Å²) in [5, 5.41) is 0. The minimum absolute atomic E-state index is 0.286. The summed E-state index contributed by atoms with van der Waals surface area (Å²) in [6, 6.07) is 0.642. The molecule has 0 amide bonds. The Morgan fingerprint density at radius 2 is 2.00 bits per heavy atom. The van der Waals surface area contributed by atoms with Gasteiger partial charge in [-0.05, 0) is 38.0 Å². The standard InChI is InChI=1S/C17H29NO3/c1-2-9-20-13-15-3-4-16-17(21-15)5-8-18(16)12-14-6-10-19-11-7-14/h2,14-17H,1,3-13H2/t15-,16-,17-/m0/s1. The van der Waals surface area contributed by atoms with E-state index in [1.54, 1.807) is 6.08 Å². The van der Waals surface area contributed by atoms with E-state index in [1.807, 2.05) is 0 Å². The van der Waals surface area contributed by atoms with Gasteiger partial charge in [0.05, 0.1) is 25.4 Å². The van der Waals surface area contributed by atoms with Gasteiger partial charge in [0.15, 0.2) is 0 Å². The number of hydrogen-bond acceptors (Lipinski definition) is 4. The molecule has 4 nitrogen and oxygen atoms in total. The van der Waals surface area contributed by atoms with Crippen LogP contribution in [0.4, 0.5) is 0 Å². The summed E-state index contributed by atoms with van der Waals surface area (Å²) in [6.45, 7) is 9.37. The molecule has 3 rings (SSSR count). The summed E-state index contributed by atoms with van der Waals surface area (Å²) in [4.78, 5) is 2.68. The van der Waals surface area contributed by atoms with E-state index in [0.29, 0.717) is 18.8 Å². The Balaban J connectivity index is 1.44. The number of hydrogen-bond donors (Lipinski definition) is 0. The maximum atomic E-state index is 6.25. The Labute approximate surface area is 128 Å². The Bertz CT molecular complexity index is 330. The highest BCUT2D eigenvalue weighted by Crippen LogP contribution is 2.33. The number of fused-ring (bicyclic) bond motifs is 1. The van der Waals surface area contributed by atoms with Crippen LogP contribution < -0.4 is 0 Å². The lowest BCUT2D eigenvalue weighted by molar-refractivity contribution is -0.0981. The third-order valence-corrected chi connectivity index (χ3v) is 5.12. The van der Waals surface area contributed by atoms with E-state index in [0.717, 1.165) is 32.2 Å². The number of nitrogens with zero attached hydrogens (tertiary/aromatic N) is 1. The van der Waals surface area contributed by atoms with Crippen LogP contribution in [-0.4, -0.2) is 62.7 Å². The fourth-order valence-electron chi connectivity index (χ4n) is 3.98. The third kappa shape index (κ3) is 4.07. The van der Waals surface area contributed by atoms with Crippen molar-refractivity contribution in [1.29, 1.82) is 0 Å². The van der Waals surface area contributed by atoms with Crippen molar-refractivity contribution in [3.8, 4) is 0 Å². The molecule has 3 fully saturated rings. The zero-order chi connectivity index (χ0) is 14.5. The zero-order valence-electron chi connectivity index (χ0n) is 13.0. The molecule has 3 heterocycles. The first kappa shape index (κ1) is 15.5. The molecular weight excluding hydrogens is 266 g/mol. The van der Waals surface area contributed by atoms with E-state index in [-0.39, 0.29) is 6.10 Å². The second-order valence-electron chi connectivity index (χ2n) is 6.61. The summed E-state index contributed by atoms with van der Waals surface area (Å²) in [7, 11) is 0. The van der Waals surface area contributed by atoms with Gasteiger partial charge in [-0.15, -0.1) is 6.58 Å². The molecule has 0 aromatic rings. The molecule has 3 saturated heterocycles. The van der Waals surface area contributed by atoms with E-state index in [9.17, 15) is 0 Å². The van der Waals surface area contributed by atoms with E-state index in [4.69, 9.17) is 14.2 Å². The van der Waals surface area contributed by atoms with Crippen LogP contribution in [0.25, 0.3) is 0 Å². The zero-order valence-corrected chi connectivity index (χ0v) is 13.0. The quantitative estimate of drug-likeness (QED) is 0.555. The normalized spacial score (nSPS) is 34.8. The molecule has 120 valence electrons. The van der Waals surface area contributed by atoms with Crippen molar-refractivity contribution in [2.75, 3.05) is 39.5 Å². The first-order chi connectivity index (χ1) is 10.4. The highest BCUT2D eigenvalue weighted by atomic mass is 16.5. The summed E-state index contributed by atoms with van der Waals surface area (Å²) < 4.78 is 17.3. The van der Waals surface area contributed by atoms with Crippen molar-refractivity contribution in [1.82, 2.24) is 4.90 Å². The Hall–Kier alpha value is -0.420. The van der Waals surface area contributed by atoms with Crippen LogP contribution >= 0.6 is 0 Å².